The lowest BCUT2D eigenvalue weighted by atomic mass is 9.94. The summed E-state index contributed by atoms with van der Waals surface area (Å²) in [7, 11) is -2.33. The molecule has 4 rings (SSSR count). The zero-order valence-corrected chi connectivity index (χ0v) is 21.9. The molecule has 3 heterocycles. The predicted octanol–water partition coefficient (Wildman–Crippen LogP) is 3.18. The van der Waals surface area contributed by atoms with E-state index < -0.39 is 10.0 Å². The van der Waals surface area contributed by atoms with Crippen LogP contribution in [0.25, 0.3) is 5.57 Å². The molecule has 2 aliphatic rings. The molecule has 194 valence electrons. The molecule has 36 heavy (non-hydrogen) atoms. The van der Waals surface area contributed by atoms with Gasteiger partial charge in [-0.3, -0.25) is 4.98 Å². The number of allylic oxidation sites excluding steroid dienone is 3. The van der Waals surface area contributed by atoms with Crippen molar-refractivity contribution in [3.63, 3.8) is 0 Å². The fourth-order valence-electron chi connectivity index (χ4n) is 4.82. The van der Waals surface area contributed by atoms with E-state index in [1.165, 1.54) is 32.4 Å². The van der Waals surface area contributed by atoms with Gasteiger partial charge in [-0.1, -0.05) is 31.9 Å². The molecule has 0 aromatic carbocycles. The van der Waals surface area contributed by atoms with Crippen LogP contribution in [0, 0.1) is 0 Å². The first-order chi connectivity index (χ1) is 17.4. The number of pyridine rings is 1. The van der Waals surface area contributed by atoms with Crippen LogP contribution in [0.3, 0.4) is 0 Å². The summed E-state index contributed by atoms with van der Waals surface area (Å²) in [6.07, 6.45) is 14.8. The topological polar surface area (TPSA) is 118 Å². The minimum Gasteiger partial charge on any atom is -0.382 e. The van der Waals surface area contributed by atoms with E-state index in [4.69, 9.17) is 5.10 Å². The minimum atomic E-state index is -3.70. The number of sulfonamides is 1. The number of hydrogen-bond donors (Lipinski definition) is 2. The summed E-state index contributed by atoms with van der Waals surface area (Å²) in [5, 5.41) is 17.1. The molecule has 1 unspecified atom stereocenters. The number of aromatic nitrogens is 5. The highest BCUT2D eigenvalue weighted by molar-refractivity contribution is 7.93. The fraction of sp³-hybridized carbons (Fsp3) is 0.520. The van der Waals surface area contributed by atoms with Crippen LogP contribution in [0.5, 0.6) is 0 Å². The van der Waals surface area contributed by atoms with Crippen molar-refractivity contribution in [3.8, 4) is 0 Å². The van der Waals surface area contributed by atoms with Crippen molar-refractivity contribution in [2.24, 2.45) is 0 Å². The summed E-state index contributed by atoms with van der Waals surface area (Å²) in [6.45, 7) is 7.41. The molecule has 0 radical (unpaired) electrons. The molecule has 2 fully saturated rings. The molecule has 1 atom stereocenters. The second-order valence-corrected chi connectivity index (χ2v) is 11.2. The highest BCUT2D eigenvalue weighted by atomic mass is 32.2. The Morgan fingerprint density at radius 1 is 1.19 bits per heavy atom. The number of rotatable bonds is 9. The van der Waals surface area contributed by atoms with Crippen LogP contribution in [0.4, 0.5) is 5.69 Å². The Morgan fingerprint density at radius 3 is 2.69 bits per heavy atom. The lowest BCUT2D eigenvalue weighted by molar-refractivity contribution is 0.337. The highest BCUT2D eigenvalue weighted by Crippen LogP contribution is 2.28. The third-order valence-electron chi connectivity index (χ3n) is 6.87. The van der Waals surface area contributed by atoms with E-state index in [1.807, 2.05) is 25.3 Å². The van der Waals surface area contributed by atoms with Crippen LogP contribution in [-0.4, -0.2) is 59.8 Å². The van der Waals surface area contributed by atoms with Gasteiger partial charge in [0.1, 0.15) is 0 Å². The largest absolute Gasteiger partial charge is 0.382 e. The summed E-state index contributed by atoms with van der Waals surface area (Å²) < 4.78 is 27.2. The van der Waals surface area contributed by atoms with Crippen molar-refractivity contribution in [2.45, 2.75) is 64.0 Å². The highest BCUT2D eigenvalue weighted by Gasteiger charge is 2.26. The third kappa shape index (κ3) is 6.19. The Balaban J connectivity index is 1.61. The van der Waals surface area contributed by atoms with Crippen molar-refractivity contribution in [1.29, 1.82) is 0 Å². The number of piperidine rings is 1. The van der Waals surface area contributed by atoms with Crippen LogP contribution in [0.15, 0.2) is 53.9 Å². The summed E-state index contributed by atoms with van der Waals surface area (Å²) in [5.41, 5.74) is 2.43. The molecule has 0 bridgehead atoms. The quantitative estimate of drug-likeness (QED) is 0.492. The van der Waals surface area contributed by atoms with Gasteiger partial charge in [0.2, 0.25) is 15.8 Å². The average molecular weight is 513 g/mol. The average Bonchev–Trinajstić information content (AvgIpc) is 3.42. The molecule has 10 nitrogen and oxygen atoms in total. The van der Waals surface area contributed by atoms with Crippen LogP contribution in [-0.2, 0) is 10.0 Å². The van der Waals surface area contributed by atoms with Gasteiger partial charge in [-0.25, -0.2) is 13.1 Å². The first kappa shape index (κ1) is 26.0. The van der Waals surface area contributed by atoms with Crippen LogP contribution in [0.2, 0.25) is 0 Å². The zero-order chi connectivity index (χ0) is 25.5. The summed E-state index contributed by atoms with van der Waals surface area (Å²) in [6, 6.07) is 4.36. The normalized spacial score (nSPS) is 20.4. The first-order valence-electron chi connectivity index (χ1n) is 12.6. The van der Waals surface area contributed by atoms with Crippen LogP contribution < -0.4 is 14.9 Å². The molecule has 11 heteroatoms. The number of hydrogen-bond acceptors (Lipinski definition) is 8. The molecule has 1 aliphatic heterocycles. The van der Waals surface area contributed by atoms with Gasteiger partial charge in [0.05, 0.1) is 22.8 Å². The Morgan fingerprint density at radius 2 is 2.00 bits per heavy atom. The van der Waals surface area contributed by atoms with Crippen molar-refractivity contribution >= 4 is 21.3 Å². The van der Waals surface area contributed by atoms with Gasteiger partial charge < -0.3 is 10.2 Å². The molecular weight excluding hydrogens is 476 g/mol. The van der Waals surface area contributed by atoms with Crippen molar-refractivity contribution in [3.05, 3.63) is 59.7 Å². The Kier molecular flexibility index (Phi) is 8.52. The van der Waals surface area contributed by atoms with Gasteiger partial charge in [0, 0.05) is 36.6 Å². The minimum absolute atomic E-state index is 0.0473. The number of anilines is 1. The maximum atomic E-state index is 12.4. The Bertz CT molecular complexity index is 1200. The Hall–Kier alpha value is -3.05. The molecule has 1 saturated heterocycles. The Labute approximate surface area is 213 Å². The molecule has 2 N–H and O–H groups in total. The summed E-state index contributed by atoms with van der Waals surface area (Å²) in [5.74, 6) is 0.373. The molecule has 0 spiro atoms. The summed E-state index contributed by atoms with van der Waals surface area (Å²) in [4.78, 5) is 8.13. The lowest BCUT2D eigenvalue weighted by Gasteiger charge is -2.33. The molecule has 2 aromatic rings. The molecule has 0 amide bonds. The first-order valence-corrected chi connectivity index (χ1v) is 14.1. The predicted molar refractivity (Wildman–Crippen MR) is 141 cm³/mol. The van der Waals surface area contributed by atoms with E-state index >= 15 is 0 Å². The molecule has 1 saturated carbocycles. The number of nitrogens with zero attached hydrogens (tertiary/aromatic N) is 6. The maximum Gasteiger partial charge on any atom is 0.239 e. The second kappa shape index (κ2) is 11.8. The van der Waals surface area contributed by atoms with E-state index in [0.717, 1.165) is 50.2 Å². The zero-order valence-electron chi connectivity index (χ0n) is 21.1. The van der Waals surface area contributed by atoms with E-state index in [1.54, 1.807) is 11.0 Å². The standard InChI is InChI=1S/C25H36N8O2S/c1-4-24(28-20-10-6-5-7-11-20)23(16-19(2)36(34,35)26-3)25-29-31-33(30-25)22-13-9-15-32(18-22)21-12-8-14-27-17-21/h4,8,12,14,16-17,20,22,26,28H,2,5-7,9-11,13,15,18H2,1,3H3/b23-16+,24-4+. The van der Waals surface area contributed by atoms with Gasteiger partial charge in [0.25, 0.3) is 0 Å². The monoisotopic (exact) mass is 512 g/mol. The second-order valence-electron chi connectivity index (χ2n) is 9.30. The van der Waals surface area contributed by atoms with Gasteiger partial charge >= 0.3 is 0 Å². The maximum absolute atomic E-state index is 12.4. The van der Waals surface area contributed by atoms with E-state index in [9.17, 15) is 8.42 Å². The molecule has 1 aliphatic carbocycles. The van der Waals surface area contributed by atoms with Gasteiger partial charge in [-0.15, -0.1) is 10.2 Å². The van der Waals surface area contributed by atoms with Gasteiger partial charge in [-0.2, -0.15) is 4.80 Å². The molecule has 2 aromatic heterocycles. The number of tetrazole rings is 1. The van der Waals surface area contributed by atoms with Crippen molar-refractivity contribution in [1.82, 2.24) is 35.2 Å². The SMILES string of the molecule is C=C(/C=C(\C(=C/C)NC1CCCCC1)c1nnn(C2CCCN(c3cccnc3)C2)n1)S(=O)(=O)NC. The van der Waals surface area contributed by atoms with Crippen molar-refractivity contribution in [2.75, 3.05) is 25.0 Å². The van der Waals surface area contributed by atoms with E-state index in [2.05, 4.69) is 42.9 Å². The lowest BCUT2D eigenvalue weighted by Crippen LogP contribution is -2.37. The molecular formula is C25H36N8O2S. The van der Waals surface area contributed by atoms with Crippen molar-refractivity contribution < 1.29 is 8.42 Å². The van der Waals surface area contributed by atoms with E-state index in [0.29, 0.717) is 17.4 Å². The van der Waals surface area contributed by atoms with E-state index in [-0.39, 0.29) is 10.9 Å². The van der Waals surface area contributed by atoms with Crippen LogP contribution >= 0.6 is 0 Å². The smallest absolute Gasteiger partial charge is 0.239 e. The van der Waals surface area contributed by atoms with Gasteiger partial charge in [-0.05, 0) is 63.1 Å². The fourth-order valence-corrected chi connectivity index (χ4v) is 5.36. The van der Waals surface area contributed by atoms with Gasteiger partial charge in [0.15, 0.2) is 0 Å². The summed E-state index contributed by atoms with van der Waals surface area (Å²) >= 11 is 0. The third-order valence-corrected chi connectivity index (χ3v) is 8.21. The number of nitrogens with one attached hydrogen (secondary N) is 2. The van der Waals surface area contributed by atoms with Crippen LogP contribution in [0.1, 0.15) is 63.7 Å².